The second-order valence-corrected chi connectivity index (χ2v) is 17.3. The molecule has 11 rings (SSSR count). The van der Waals surface area contributed by atoms with E-state index in [1.807, 2.05) is 0 Å². The highest BCUT2D eigenvalue weighted by Gasteiger charge is 2.82. The summed E-state index contributed by atoms with van der Waals surface area (Å²) < 4.78 is 23.3. The van der Waals surface area contributed by atoms with Crippen LogP contribution in [-0.2, 0) is 37.9 Å². The molecular formula is C42H50N4O5. The zero-order valence-corrected chi connectivity index (χ0v) is 30.5. The lowest BCUT2D eigenvalue weighted by Crippen LogP contribution is -2.88. The van der Waals surface area contributed by atoms with E-state index in [0.29, 0.717) is 30.5 Å². The number of piperidine rings is 4. The van der Waals surface area contributed by atoms with Gasteiger partial charge in [0, 0.05) is 71.6 Å². The third kappa shape index (κ3) is 3.33. The van der Waals surface area contributed by atoms with Crippen LogP contribution in [0.2, 0.25) is 0 Å². The maximum Gasteiger partial charge on any atom is 0.334 e. The number of likely N-dealkylation sites (N-methyl/N-ethyl adjacent to an activating group) is 1. The van der Waals surface area contributed by atoms with Crippen molar-refractivity contribution in [1.29, 1.82) is 0 Å². The van der Waals surface area contributed by atoms with Gasteiger partial charge < -0.3 is 28.8 Å². The molecule has 8 aliphatic heterocycles. The molecule has 51 heavy (non-hydrogen) atoms. The molecule has 0 radical (unpaired) electrons. The average molecular weight is 691 g/mol. The van der Waals surface area contributed by atoms with Crippen LogP contribution >= 0.6 is 0 Å². The van der Waals surface area contributed by atoms with Crippen LogP contribution in [0.15, 0.2) is 60.2 Å². The van der Waals surface area contributed by atoms with Gasteiger partial charge >= 0.3 is 5.97 Å². The first-order chi connectivity index (χ1) is 24.7. The number of esters is 1. The number of hydrogen-bond donors (Lipinski definition) is 1. The minimum Gasteiger partial charge on any atom is -0.467 e. The van der Waals surface area contributed by atoms with E-state index in [1.54, 1.807) is 0 Å². The molecule has 4 bridgehead atoms. The number of carbonyl (C=O) groups excluding carboxylic acids is 1. The van der Waals surface area contributed by atoms with Crippen molar-refractivity contribution in [2.45, 2.75) is 86.5 Å². The number of methoxy groups -OCH3 is 1. The minimum absolute atomic E-state index is 0.0333. The lowest BCUT2D eigenvalue weighted by atomic mass is 9.51. The summed E-state index contributed by atoms with van der Waals surface area (Å²) in [4.78, 5) is 22.0. The molecule has 6 fully saturated rings. The lowest BCUT2D eigenvalue weighted by Gasteiger charge is -2.74. The quantitative estimate of drug-likeness (QED) is 0.301. The predicted molar refractivity (Wildman–Crippen MR) is 193 cm³/mol. The highest BCUT2D eigenvalue weighted by Crippen LogP contribution is 2.73. The first-order valence-electron chi connectivity index (χ1n) is 19.3. The number of nitrogens with zero attached hydrogens (tertiary/aromatic N) is 4. The van der Waals surface area contributed by atoms with Crippen molar-refractivity contribution in [2.24, 2.45) is 30.7 Å². The zero-order chi connectivity index (χ0) is 34.8. The fourth-order valence-electron chi connectivity index (χ4n) is 14.0. The molecule has 8 aliphatic rings. The number of para-hydroxylation sites is 2. The van der Waals surface area contributed by atoms with Gasteiger partial charge in [-0.2, -0.15) is 0 Å². The van der Waals surface area contributed by atoms with E-state index < -0.39 is 17.1 Å². The van der Waals surface area contributed by atoms with Crippen LogP contribution in [0.25, 0.3) is 10.9 Å². The van der Waals surface area contributed by atoms with Crippen LogP contribution in [0, 0.1) is 23.7 Å². The Kier molecular flexibility index (Phi) is 6.17. The molecule has 1 N–H and O–H groups in total. The van der Waals surface area contributed by atoms with E-state index in [-0.39, 0.29) is 35.9 Å². The Balaban J connectivity index is 1.09. The number of benzene rings is 2. The van der Waals surface area contributed by atoms with Crippen LogP contribution in [0.5, 0.6) is 0 Å². The van der Waals surface area contributed by atoms with Crippen molar-refractivity contribution in [3.8, 4) is 0 Å². The van der Waals surface area contributed by atoms with Crippen LogP contribution < -0.4 is 4.90 Å². The molecule has 0 amide bonds. The summed E-state index contributed by atoms with van der Waals surface area (Å²) in [5, 5.41) is 13.0. The number of aromatic nitrogens is 1. The SMILES string of the molecule is C/C=C1/CN2CC[C@@]34C[C@H]5[C@@H]6C[C@H]7c8c(c9ccccc9n8C)C[C@@H]([C@@H]6CO[C@@]5(C)O[C@@]35[C@@H]2C[C@@H]1[C@@](CO)(C(=O)OC)N5c1ccccc14)N7C. The summed E-state index contributed by atoms with van der Waals surface area (Å²) in [5.41, 5.74) is 5.19. The zero-order valence-electron chi connectivity index (χ0n) is 30.5. The number of rotatable bonds is 2. The van der Waals surface area contributed by atoms with Gasteiger partial charge in [0.05, 0.1) is 32.4 Å². The number of aryl methyl sites for hydroxylation is 1. The second-order valence-electron chi connectivity index (χ2n) is 17.3. The first-order valence-corrected chi connectivity index (χ1v) is 19.3. The van der Waals surface area contributed by atoms with Gasteiger partial charge in [-0.3, -0.25) is 9.80 Å². The number of fused-ring (bicyclic) bond motifs is 13. The molecule has 268 valence electrons. The van der Waals surface area contributed by atoms with Crippen molar-refractivity contribution >= 4 is 22.6 Å². The Bertz CT molecular complexity index is 2040. The summed E-state index contributed by atoms with van der Waals surface area (Å²) in [5.74, 6) is -0.444. The summed E-state index contributed by atoms with van der Waals surface area (Å²) in [6.45, 7) is 6.32. The van der Waals surface area contributed by atoms with Crippen LogP contribution in [0.3, 0.4) is 0 Å². The molecule has 1 spiro atoms. The van der Waals surface area contributed by atoms with E-state index in [9.17, 15) is 9.90 Å². The fraction of sp³-hybridized carbons (Fsp3) is 0.595. The van der Waals surface area contributed by atoms with Gasteiger partial charge in [0.1, 0.15) is 0 Å². The summed E-state index contributed by atoms with van der Waals surface area (Å²) in [6, 6.07) is 18.4. The second kappa shape index (κ2) is 10.1. The van der Waals surface area contributed by atoms with Crippen LogP contribution in [0.4, 0.5) is 5.69 Å². The number of hydrogen-bond acceptors (Lipinski definition) is 8. The fourth-order valence-corrected chi connectivity index (χ4v) is 14.0. The molecule has 0 unspecified atom stereocenters. The van der Waals surface area contributed by atoms with Gasteiger partial charge in [0.25, 0.3) is 0 Å². The predicted octanol–water partition coefficient (Wildman–Crippen LogP) is 4.91. The summed E-state index contributed by atoms with van der Waals surface area (Å²) >= 11 is 0. The molecule has 9 heteroatoms. The van der Waals surface area contributed by atoms with Gasteiger partial charge in [-0.25, -0.2) is 4.79 Å². The van der Waals surface area contributed by atoms with Crippen molar-refractivity contribution < 1.29 is 24.1 Å². The summed E-state index contributed by atoms with van der Waals surface area (Å²) in [7, 11) is 6.06. The molecule has 0 aliphatic carbocycles. The maximum atomic E-state index is 14.4. The molecule has 1 aromatic heterocycles. The number of aliphatic hydroxyl groups excluding tert-OH is 1. The van der Waals surface area contributed by atoms with Crippen LogP contribution in [-0.4, -0.2) is 95.0 Å². The Labute approximate surface area is 300 Å². The number of ether oxygens (including phenoxy) is 3. The van der Waals surface area contributed by atoms with E-state index in [1.165, 1.54) is 40.4 Å². The Hall–Kier alpha value is -3.21. The number of allylic oxidation sites excluding steroid dienone is 1. The molecule has 2 aromatic carbocycles. The van der Waals surface area contributed by atoms with Gasteiger partial charge in [-0.15, -0.1) is 0 Å². The lowest BCUT2D eigenvalue weighted by molar-refractivity contribution is -0.403. The first kappa shape index (κ1) is 31.3. The summed E-state index contributed by atoms with van der Waals surface area (Å²) in [6.07, 6.45) is 6.85. The third-order valence-corrected chi connectivity index (χ3v) is 16.0. The monoisotopic (exact) mass is 690 g/mol. The normalized spacial score (nSPS) is 44.0. The smallest absolute Gasteiger partial charge is 0.334 e. The van der Waals surface area contributed by atoms with Crippen molar-refractivity contribution in [3.05, 3.63) is 77.0 Å². The highest BCUT2D eigenvalue weighted by molar-refractivity contribution is 5.91. The molecule has 11 atom stereocenters. The van der Waals surface area contributed by atoms with Gasteiger partial charge in [-0.05, 0) is 82.2 Å². The molecule has 9 nitrogen and oxygen atoms in total. The molecule has 6 saturated heterocycles. The van der Waals surface area contributed by atoms with Gasteiger partial charge in [0.2, 0.25) is 0 Å². The standard InChI is InChI=1S/C42H50N4O5/c1-6-24-21-45-16-15-40-20-31-26-17-35-37-27(25-11-7-9-13-32(25)44(37)4)18-34(43(35)3)28(26)22-50-39(31,2)51-42(40)36(45)19-30(24)41(23-47,38(48)49-5)46(42)33-14-10-8-12-29(33)40/h6-14,26,28,30-31,34-36,47H,15-23H2,1-5H3/b24-6-/t26-,28-,30+,31+,34+,35+,36+,39+,40+,41+,42+/m1/s1. The molecular weight excluding hydrogens is 640 g/mol. The number of anilines is 1. The number of carbonyl (C=O) groups is 1. The van der Waals surface area contributed by atoms with E-state index in [4.69, 9.17) is 14.2 Å². The average Bonchev–Trinajstić information content (AvgIpc) is 3.57. The van der Waals surface area contributed by atoms with Crippen LogP contribution in [0.1, 0.15) is 62.4 Å². The van der Waals surface area contributed by atoms with E-state index >= 15 is 0 Å². The molecule has 3 aromatic rings. The maximum absolute atomic E-state index is 14.4. The topological polar surface area (TPSA) is 79.6 Å². The van der Waals surface area contributed by atoms with E-state index in [0.717, 1.165) is 50.9 Å². The van der Waals surface area contributed by atoms with Crippen molar-refractivity contribution in [1.82, 2.24) is 14.4 Å². The largest absolute Gasteiger partial charge is 0.467 e. The van der Waals surface area contributed by atoms with Crippen molar-refractivity contribution in [2.75, 3.05) is 45.4 Å². The van der Waals surface area contributed by atoms with Crippen molar-refractivity contribution in [3.63, 3.8) is 0 Å². The molecule has 0 saturated carbocycles. The molecule has 9 heterocycles. The Morgan fingerprint density at radius 3 is 2.71 bits per heavy atom. The van der Waals surface area contributed by atoms with E-state index in [2.05, 4.69) is 102 Å². The Morgan fingerprint density at radius 1 is 1.10 bits per heavy atom. The number of aliphatic hydroxyl groups is 1. The minimum atomic E-state index is -1.32. The Morgan fingerprint density at radius 2 is 1.90 bits per heavy atom. The third-order valence-electron chi connectivity index (χ3n) is 16.0. The van der Waals surface area contributed by atoms with Gasteiger partial charge in [-0.1, -0.05) is 48.0 Å². The van der Waals surface area contributed by atoms with Gasteiger partial charge in [0.15, 0.2) is 17.1 Å². The highest BCUT2D eigenvalue weighted by atomic mass is 16.7.